The lowest BCUT2D eigenvalue weighted by molar-refractivity contribution is 0.0492. The van der Waals surface area contributed by atoms with E-state index in [2.05, 4.69) is 4.98 Å². The molecule has 2 aromatic heterocycles. The number of carbonyl (C=O) groups is 1. The lowest BCUT2D eigenvalue weighted by Crippen LogP contribution is -2.15. The van der Waals surface area contributed by atoms with Crippen LogP contribution < -0.4 is 5.43 Å². The molecule has 1 N–H and O–H groups in total. The lowest BCUT2D eigenvalue weighted by Gasteiger charge is -2.08. The first-order valence-corrected chi connectivity index (χ1v) is 9.44. The Balaban J connectivity index is 1.95. The van der Waals surface area contributed by atoms with Crippen LogP contribution in [0.1, 0.15) is 17.5 Å². The molecule has 4 rings (SSSR count). The monoisotopic (exact) mass is 393 g/mol. The van der Waals surface area contributed by atoms with Gasteiger partial charge < -0.3 is 14.3 Å². The molecular weight excluding hydrogens is 378 g/mol. The summed E-state index contributed by atoms with van der Waals surface area (Å²) >= 11 is 1.36. The van der Waals surface area contributed by atoms with E-state index in [1.807, 2.05) is 30.3 Å². The van der Waals surface area contributed by atoms with Crippen molar-refractivity contribution in [3.8, 4) is 27.6 Å². The molecule has 0 amide bonds. The zero-order valence-electron chi connectivity index (χ0n) is 14.8. The van der Waals surface area contributed by atoms with E-state index >= 15 is 0 Å². The number of ether oxygens (including phenoxy) is 1. The molecule has 0 atom stereocenters. The molecule has 0 aliphatic carbocycles. The second-order valence-corrected chi connectivity index (χ2v) is 6.80. The summed E-state index contributed by atoms with van der Waals surface area (Å²) in [6, 6.07) is 13.7. The van der Waals surface area contributed by atoms with Gasteiger partial charge in [-0.25, -0.2) is 9.78 Å². The molecule has 0 aliphatic rings. The number of thiazole rings is 1. The molecule has 0 aliphatic heterocycles. The minimum absolute atomic E-state index is 0.0510. The van der Waals surface area contributed by atoms with E-state index in [1.165, 1.54) is 29.5 Å². The standard InChI is InChI=1S/C21H15NO5S/c1-2-26-21(25)19-17(18(24)14-9-8-13(23)10-16(14)27-19)15-11-28-20(22-15)12-6-4-3-5-7-12/h3-11,23H,2H2,1H3. The summed E-state index contributed by atoms with van der Waals surface area (Å²) in [5.41, 5.74) is 1.00. The maximum Gasteiger partial charge on any atom is 0.375 e. The van der Waals surface area contributed by atoms with Crippen LogP contribution >= 0.6 is 11.3 Å². The zero-order chi connectivity index (χ0) is 19.7. The Hall–Kier alpha value is -3.45. The summed E-state index contributed by atoms with van der Waals surface area (Å²) in [5, 5.41) is 12.4. The van der Waals surface area contributed by atoms with Gasteiger partial charge in [-0.3, -0.25) is 4.79 Å². The Kier molecular flexibility index (Phi) is 4.67. The number of rotatable bonds is 4. The second kappa shape index (κ2) is 7.28. The minimum Gasteiger partial charge on any atom is -0.508 e. The fourth-order valence-corrected chi connectivity index (χ4v) is 3.67. The minimum atomic E-state index is -0.755. The van der Waals surface area contributed by atoms with Crippen LogP contribution in [0.4, 0.5) is 0 Å². The molecule has 0 saturated carbocycles. The van der Waals surface area contributed by atoms with Crippen molar-refractivity contribution in [1.82, 2.24) is 4.98 Å². The molecule has 0 fully saturated rings. The molecule has 6 nitrogen and oxygen atoms in total. The van der Waals surface area contributed by atoms with Crippen LogP contribution in [0.15, 0.2) is 63.1 Å². The van der Waals surface area contributed by atoms with Crippen molar-refractivity contribution in [3.05, 3.63) is 69.9 Å². The van der Waals surface area contributed by atoms with E-state index in [1.54, 1.807) is 12.3 Å². The maximum atomic E-state index is 13.1. The van der Waals surface area contributed by atoms with Gasteiger partial charge in [0, 0.05) is 17.0 Å². The van der Waals surface area contributed by atoms with Gasteiger partial charge in [0.05, 0.1) is 23.3 Å². The summed E-state index contributed by atoms with van der Waals surface area (Å²) in [6.45, 7) is 1.80. The number of phenolic OH excluding ortho intramolecular Hbond substituents is 1. The smallest absolute Gasteiger partial charge is 0.375 e. The van der Waals surface area contributed by atoms with Gasteiger partial charge in [-0.1, -0.05) is 30.3 Å². The van der Waals surface area contributed by atoms with Gasteiger partial charge in [0.25, 0.3) is 0 Å². The van der Waals surface area contributed by atoms with Gasteiger partial charge in [-0.2, -0.15) is 0 Å². The third-order valence-corrected chi connectivity index (χ3v) is 5.01. The Bertz CT molecular complexity index is 1230. The molecule has 4 aromatic rings. The molecule has 0 bridgehead atoms. The van der Waals surface area contributed by atoms with Crippen LogP contribution in [0, 0.1) is 0 Å². The molecule has 0 unspecified atom stereocenters. The highest BCUT2D eigenvalue weighted by molar-refractivity contribution is 7.13. The number of nitrogens with zero attached hydrogens (tertiary/aromatic N) is 1. The molecule has 0 radical (unpaired) electrons. The first-order valence-electron chi connectivity index (χ1n) is 8.56. The van der Waals surface area contributed by atoms with E-state index in [0.29, 0.717) is 5.69 Å². The van der Waals surface area contributed by atoms with Crippen molar-refractivity contribution in [3.63, 3.8) is 0 Å². The van der Waals surface area contributed by atoms with Crippen molar-refractivity contribution >= 4 is 28.3 Å². The van der Waals surface area contributed by atoms with Gasteiger partial charge in [0.2, 0.25) is 11.2 Å². The highest BCUT2D eigenvalue weighted by Gasteiger charge is 2.25. The van der Waals surface area contributed by atoms with Crippen LogP contribution in [0.2, 0.25) is 0 Å². The van der Waals surface area contributed by atoms with E-state index in [0.717, 1.165) is 10.6 Å². The first kappa shape index (κ1) is 17.9. The van der Waals surface area contributed by atoms with E-state index in [9.17, 15) is 14.7 Å². The number of benzene rings is 2. The summed E-state index contributed by atoms with van der Waals surface area (Å²) in [7, 11) is 0. The Morgan fingerprint density at radius 3 is 2.75 bits per heavy atom. The molecule has 2 aromatic carbocycles. The highest BCUT2D eigenvalue weighted by Crippen LogP contribution is 2.31. The number of aromatic hydroxyl groups is 1. The average Bonchev–Trinajstić information content (AvgIpc) is 3.18. The lowest BCUT2D eigenvalue weighted by atomic mass is 10.1. The third-order valence-electron chi connectivity index (χ3n) is 4.12. The average molecular weight is 393 g/mol. The second-order valence-electron chi connectivity index (χ2n) is 5.94. The molecule has 0 spiro atoms. The number of hydrogen-bond acceptors (Lipinski definition) is 7. The molecule has 0 saturated heterocycles. The Labute approximate surface area is 163 Å². The van der Waals surface area contributed by atoms with Crippen molar-refractivity contribution < 1.29 is 19.1 Å². The number of hydrogen-bond donors (Lipinski definition) is 1. The number of aromatic nitrogens is 1. The highest BCUT2D eigenvalue weighted by atomic mass is 32.1. The zero-order valence-corrected chi connectivity index (χ0v) is 15.7. The number of esters is 1. The third kappa shape index (κ3) is 3.16. The van der Waals surface area contributed by atoms with E-state index in [4.69, 9.17) is 9.15 Å². The normalized spacial score (nSPS) is 10.9. The van der Waals surface area contributed by atoms with E-state index < -0.39 is 11.4 Å². The predicted molar refractivity (Wildman–Crippen MR) is 107 cm³/mol. The van der Waals surface area contributed by atoms with Crippen molar-refractivity contribution in [2.45, 2.75) is 6.92 Å². The van der Waals surface area contributed by atoms with Crippen molar-refractivity contribution in [2.75, 3.05) is 6.61 Å². The van der Waals surface area contributed by atoms with Crippen LogP contribution in [-0.4, -0.2) is 22.7 Å². The van der Waals surface area contributed by atoms with Crippen LogP contribution in [0.25, 0.3) is 32.8 Å². The van der Waals surface area contributed by atoms with Gasteiger partial charge in [0.15, 0.2) is 0 Å². The van der Waals surface area contributed by atoms with Gasteiger partial charge in [0.1, 0.15) is 16.3 Å². The summed E-state index contributed by atoms with van der Waals surface area (Å²) in [4.78, 5) is 30.1. The molecule has 2 heterocycles. The number of carbonyl (C=O) groups excluding carboxylic acids is 1. The van der Waals surface area contributed by atoms with Crippen LogP contribution in [0.3, 0.4) is 0 Å². The first-order chi connectivity index (χ1) is 13.6. The van der Waals surface area contributed by atoms with Gasteiger partial charge >= 0.3 is 5.97 Å². The van der Waals surface area contributed by atoms with E-state index in [-0.39, 0.29) is 34.6 Å². The van der Waals surface area contributed by atoms with Crippen LogP contribution in [-0.2, 0) is 4.74 Å². The quantitative estimate of drug-likeness (QED) is 0.515. The summed E-state index contributed by atoms with van der Waals surface area (Å²) in [6.07, 6.45) is 0. The van der Waals surface area contributed by atoms with Crippen molar-refractivity contribution in [2.24, 2.45) is 0 Å². The van der Waals surface area contributed by atoms with Crippen molar-refractivity contribution in [1.29, 1.82) is 0 Å². The fraction of sp³-hybridized carbons (Fsp3) is 0.0952. The van der Waals surface area contributed by atoms with Gasteiger partial charge in [-0.15, -0.1) is 11.3 Å². The van der Waals surface area contributed by atoms with Crippen LogP contribution in [0.5, 0.6) is 5.75 Å². The molecule has 7 heteroatoms. The Morgan fingerprint density at radius 1 is 1.21 bits per heavy atom. The maximum absolute atomic E-state index is 13.1. The Morgan fingerprint density at radius 2 is 2.00 bits per heavy atom. The van der Waals surface area contributed by atoms with Gasteiger partial charge in [-0.05, 0) is 19.1 Å². The molecule has 140 valence electrons. The SMILES string of the molecule is CCOC(=O)c1oc2cc(O)ccc2c(=O)c1-c1csc(-c2ccccc2)n1. The summed E-state index contributed by atoms with van der Waals surface area (Å²) < 4.78 is 10.7. The largest absolute Gasteiger partial charge is 0.508 e. The fourth-order valence-electron chi connectivity index (χ4n) is 2.86. The molecule has 28 heavy (non-hydrogen) atoms. The predicted octanol–water partition coefficient (Wildman–Crippen LogP) is 4.47. The summed E-state index contributed by atoms with van der Waals surface area (Å²) in [5.74, 6) is -1.05. The number of fused-ring (bicyclic) bond motifs is 1. The molecular formula is C21H15NO5S. The topological polar surface area (TPSA) is 89.6 Å². The number of phenols is 1.